The monoisotopic (exact) mass is 183 g/mol. The maximum absolute atomic E-state index is 10.7. The van der Waals surface area contributed by atoms with E-state index in [1.165, 1.54) is 19.3 Å². The summed E-state index contributed by atoms with van der Waals surface area (Å²) in [7, 11) is 0. The van der Waals surface area contributed by atoms with Crippen molar-refractivity contribution in [2.45, 2.75) is 45.4 Å². The molecule has 0 aromatic heterocycles. The van der Waals surface area contributed by atoms with Crippen molar-refractivity contribution in [2.24, 2.45) is 11.7 Å². The van der Waals surface area contributed by atoms with Crippen molar-refractivity contribution in [1.29, 1.82) is 0 Å². The van der Waals surface area contributed by atoms with Gasteiger partial charge >= 0.3 is 0 Å². The third-order valence-electron chi connectivity index (χ3n) is 2.28. The van der Waals surface area contributed by atoms with Gasteiger partial charge in [-0.2, -0.15) is 0 Å². The third-order valence-corrected chi connectivity index (χ3v) is 2.28. The summed E-state index contributed by atoms with van der Waals surface area (Å²) >= 11 is 0. The van der Waals surface area contributed by atoms with Crippen LogP contribution in [0.15, 0.2) is 12.7 Å². The van der Waals surface area contributed by atoms with Crippen molar-refractivity contribution in [2.75, 3.05) is 0 Å². The number of primary amides is 1. The molecule has 76 valence electrons. The summed E-state index contributed by atoms with van der Waals surface area (Å²) in [6.07, 6.45) is 8.75. The second kappa shape index (κ2) is 7.84. The van der Waals surface area contributed by atoms with E-state index < -0.39 is 0 Å². The topological polar surface area (TPSA) is 43.1 Å². The van der Waals surface area contributed by atoms with Gasteiger partial charge in [-0.3, -0.25) is 4.79 Å². The quantitative estimate of drug-likeness (QED) is 0.456. The molecule has 0 saturated carbocycles. The fourth-order valence-electron chi connectivity index (χ4n) is 1.24. The molecule has 0 heterocycles. The van der Waals surface area contributed by atoms with Crippen LogP contribution in [0, 0.1) is 5.92 Å². The number of rotatable bonds is 8. The van der Waals surface area contributed by atoms with Crippen molar-refractivity contribution in [3.05, 3.63) is 12.7 Å². The van der Waals surface area contributed by atoms with E-state index in [4.69, 9.17) is 5.73 Å². The molecule has 2 N–H and O–H groups in total. The van der Waals surface area contributed by atoms with Crippen LogP contribution in [-0.4, -0.2) is 5.91 Å². The summed E-state index contributed by atoms with van der Waals surface area (Å²) in [4.78, 5) is 10.7. The molecule has 2 nitrogen and oxygen atoms in total. The van der Waals surface area contributed by atoms with Crippen LogP contribution in [0.5, 0.6) is 0 Å². The van der Waals surface area contributed by atoms with E-state index in [2.05, 4.69) is 6.58 Å². The summed E-state index contributed by atoms with van der Waals surface area (Å²) < 4.78 is 0. The number of allylic oxidation sites excluding steroid dienone is 1. The molecule has 0 radical (unpaired) electrons. The summed E-state index contributed by atoms with van der Waals surface area (Å²) in [5.41, 5.74) is 5.15. The number of unbranched alkanes of at least 4 members (excludes halogenated alkanes) is 4. The van der Waals surface area contributed by atoms with Crippen molar-refractivity contribution in [3.8, 4) is 0 Å². The third kappa shape index (κ3) is 7.57. The zero-order valence-corrected chi connectivity index (χ0v) is 8.59. The second-order valence-corrected chi connectivity index (χ2v) is 3.58. The highest BCUT2D eigenvalue weighted by Gasteiger charge is 2.06. The van der Waals surface area contributed by atoms with Gasteiger partial charge in [0.15, 0.2) is 0 Å². The first-order valence-electron chi connectivity index (χ1n) is 5.08. The smallest absolute Gasteiger partial charge is 0.220 e. The Labute approximate surface area is 81.2 Å². The maximum Gasteiger partial charge on any atom is 0.220 e. The number of hydrogen-bond acceptors (Lipinski definition) is 1. The Kier molecular flexibility index (Phi) is 7.36. The largest absolute Gasteiger partial charge is 0.369 e. The molecule has 1 amide bonds. The fourth-order valence-corrected chi connectivity index (χ4v) is 1.24. The molecule has 1 atom stereocenters. The molecule has 0 spiro atoms. The Hall–Kier alpha value is -0.790. The molecular formula is C11H21NO. The van der Waals surface area contributed by atoms with Gasteiger partial charge in [-0.15, -0.1) is 6.58 Å². The number of carbonyl (C=O) groups is 1. The molecule has 0 rings (SSSR count). The lowest BCUT2D eigenvalue weighted by atomic mass is 10.0. The zero-order chi connectivity index (χ0) is 10.1. The average molecular weight is 183 g/mol. The average Bonchev–Trinajstić information content (AvgIpc) is 2.10. The molecule has 13 heavy (non-hydrogen) atoms. The lowest BCUT2D eigenvalue weighted by Crippen LogP contribution is -2.20. The van der Waals surface area contributed by atoms with E-state index in [-0.39, 0.29) is 11.8 Å². The van der Waals surface area contributed by atoms with Gasteiger partial charge in [-0.05, 0) is 19.3 Å². The van der Waals surface area contributed by atoms with Crippen LogP contribution in [0.25, 0.3) is 0 Å². The minimum atomic E-state index is -0.175. The SMILES string of the molecule is C=CCCCCCCC(C)C(N)=O. The predicted molar refractivity (Wildman–Crippen MR) is 56.3 cm³/mol. The Morgan fingerprint density at radius 1 is 1.38 bits per heavy atom. The number of nitrogens with two attached hydrogens (primary N) is 1. The van der Waals surface area contributed by atoms with Crippen LogP contribution >= 0.6 is 0 Å². The summed E-state index contributed by atoms with van der Waals surface area (Å²) in [5, 5.41) is 0. The van der Waals surface area contributed by atoms with E-state index in [9.17, 15) is 4.79 Å². The van der Waals surface area contributed by atoms with E-state index in [1.54, 1.807) is 0 Å². The first-order chi connectivity index (χ1) is 6.18. The van der Waals surface area contributed by atoms with Gasteiger partial charge in [0.2, 0.25) is 5.91 Å². The Balaban J connectivity index is 3.15. The Morgan fingerprint density at radius 3 is 2.54 bits per heavy atom. The molecule has 0 aliphatic carbocycles. The molecule has 0 fully saturated rings. The molecule has 1 unspecified atom stereocenters. The summed E-state index contributed by atoms with van der Waals surface area (Å²) in [6, 6.07) is 0. The summed E-state index contributed by atoms with van der Waals surface area (Å²) in [5.74, 6) is -0.134. The van der Waals surface area contributed by atoms with Crippen LogP contribution in [0.2, 0.25) is 0 Å². The van der Waals surface area contributed by atoms with Gasteiger partial charge in [0.1, 0.15) is 0 Å². The first kappa shape index (κ1) is 12.2. The number of amides is 1. The molecule has 0 aliphatic rings. The minimum absolute atomic E-state index is 0.0411. The molecule has 2 heteroatoms. The predicted octanol–water partition coefficient (Wildman–Crippen LogP) is 2.63. The Morgan fingerprint density at radius 2 is 2.00 bits per heavy atom. The van der Waals surface area contributed by atoms with Crippen molar-refractivity contribution in [3.63, 3.8) is 0 Å². The fraction of sp³-hybridized carbons (Fsp3) is 0.727. The Bertz CT molecular complexity index is 154. The van der Waals surface area contributed by atoms with E-state index in [0.29, 0.717) is 0 Å². The molecule has 0 aliphatic heterocycles. The highest BCUT2D eigenvalue weighted by atomic mass is 16.1. The highest BCUT2D eigenvalue weighted by Crippen LogP contribution is 2.10. The van der Waals surface area contributed by atoms with Gasteiger partial charge < -0.3 is 5.73 Å². The highest BCUT2D eigenvalue weighted by molar-refractivity contribution is 5.76. The minimum Gasteiger partial charge on any atom is -0.369 e. The van der Waals surface area contributed by atoms with Crippen molar-refractivity contribution < 1.29 is 4.79 Å². The summed E-state index contributed by atoms with van der Waals surface area (Å²) in [6.45, 7) is 5.56. The molecule has 0 aromatic rings. The first-order valence-corrected chi connectivity index (χ1v) is 5.08. The standard InChI is InChI=1S/C11H21NO/c1-3-4-5-6-7-8-9-10(2)11(12)13/h3,10H,1,4-9H2,2H3,(H2,12,13). The normalized spacial score (nSPS) is 12.4. The van der Waals surface area contributed by atoms with E-state index >= 15 is 0 Å². The second-order valence-electron chi connectivity index (χ2n) is 3.58. The van der Waals surface area contributed by atoms with Crippen LogP contribution in [0.3, 0.4) is 0 Å². The van der Waals surface area contributed by atoms with E-state index in [1.807, 2.05) is 13.0 Å². The van der Waals surface area contributed by atoms with Crippen molar-refractivity contribution in [1.82, 2.24) is 0 Å². The van der Waals surface area contributed by atoms with Gasteiger partial charge in [0.25, 0.3) is 0 Å². The molecule has 0 aromatic carbocycles. The van der Waals surface area contributed by atoms with Gasteiger partial charge in [-0.1, -0.05) is 32.3 Å². The van der Waals surface area contributed by atoms with Gasteiger partial charge in [-0.25, -0.2) is 0 Å². The van der Waals surface area contributed by atoms with Crippen LogP contribution < -0.4 is 5.73 Å². The van der Waals surface area contributed by atoms with Crippen LogP contribution in [0.4, 0.5) is 0 Å². The number of hydrogen-bond donors (Lipinski definition) is 1. The lowest BCUT2D eigenvalue weighted by molar-refractivity contribution is -0.121. The number of carbonyl (C=O) groups excluding carboxylic acids is 1. The molecule has 0 bridgehead atoms. The molecular weight excluding hydrogens is 162 g/mol. The molecule has 0 saturated heterocycles. The lowest BCUT2D eigenvalue weighted by Gasteiger charge is -2.05. The van der Waals surface area contributed by atoms with Crippen LogP contribution in [-0.2, 0) is 4.79 Å². The van der Waals surface area contributed by atoms with Gasteiger partial charge in [0, 0.05) is 5.92 Å². The van der Waals surface area contributed by atoms with Crippen molar-refractivity contribution >= 4 is 5.91 Å². The zero-order valence-electron chi connectivity index (χ0n) is 8.59. The van der Waals surface area contributed by atoms with Crippen LogP contribution in [0.1, 0.15) is 45.4 Å². The maximum atomic E-state index is 10.7. The van der Waals surface area contributed by atoms with E-state index in [0.717, 1.165) is 19.3 Å². The van der Waals surface area contributed by atoms with Gasteiger partial charge in [0.05, 0.1) is 0 Å².